The lowest BCUT2D eigenvalue weighted by Gasteiger charge is -2.06. The van der Waals surface area contributed by atoms with E-state index in [4.69, 9.17) is 0 Å². The number of halogens is 2. The van der Waals surface area contributed by atoms with Gasteiger partial charge in [0.15, 0.2) is 0 Å². The molecule has 0 saturated heterocycles. The Morgan fingerprint density at radius 3 is 3.00 bits per heavy atom. The second-order valence-corrected chi connectivity index (χ2v) is 6.04. The second kappa shape index (κ2) is 5.62. The molecule has 2 rings (SSSR count). The van der Waals surface area contributed by atoms with Gasteiger partial charge in [-0.3, -0.25) is 8.77 Å². The third kappa shape index (κ3) is 2.48. The van der Waals surface area contributed by atoms with Crippen LogP contribution in [0.2, 0.25) is 0 Å². The van der Waals surface area contributed by atoms with Gasteiger partial charge in [-0.25, -0.2) is 0 Å². The average Bonchev–Trinajstić information content (AvgIpc) is 2.76. The van der Waals surface area contributed by atoms with Gasteiger partial charge in [-0.05, 0) is 28.9 Å². The number of fused-ring (bicyclic) bond motifs is 1. The molecule has 0 atom stereocenters. The Morgan fingerprint density at radius 2 is 2.35 bits per heavy atom. The molecular formula is C11H10BrIN2OS. The molecule has 17 heavy (non-hydrogen) atoms. The molecule has 0 aromatic carbocycles. The zero-order chi connectivity index (χ0) is 12.4. The summed E-state index contributed by atoms with van der Waals surface area (Å²) in [6.45, 7) is 2.54. The first kappa shape index (κ1) is 13.2. The largest absolute Gasteiger partial charge is 0.309 e. The fourth-order valence-corrected chi connectivity index (χ4v) is 3.53. The molecule has 0 spiro atoms. The van der Waals surface area contributed by atoms with E-state index in [1.807, 2.05) is 41.5 Å². The van der Waals surface area contributed by atoms with Gasteiger partial charge in [0.05, 0.1) is 0 Å². The van der Waals surface area contributed by atoms with Crippen LogP contribution >= 0.6 is 46.3 Å². The summed E-state index contributed by atoms with van der Waals surface area (Å²) in [5.74, 6) is 0. The highest BCUT2D eigenvalue weighted by Crippen LogP contribution is 2.27. The van der Waals surface area contributed by atoms with Crippen LogP contribution in [0.4, 0.5) is 0 Å². The molecule has 6 heteroatoms. The molecule has 0 radical (unpaired) electrons. The predicted octanol–water partition coefficient (Wildman–Crippen LogP) is 3.99. The van der Waals surface area contributed by atoms with E-state index in [1.165, 1.54) is 9.12 Å². The Bertz CT molecular complexity index is 632. The van der Waals surface area contributed by atoms with Crippen molar-refractivity contribution in [2.45, 2.75) is 13.5 Å². The lowest BCUT2D eigenvalue weighted by atomic mass is 10.3. The summed E-state index contributed by atoms with van der Waals surface area (Å²) in [4.78, 5) is 12.3. The maximum Gasteiger partial charge on any atom is 0.276 e. The molecule has 2 heterocycles. The molecule has 0 aliphatic rings. The normalized spacial score (nSPS) is 11.7. The van der Waals surface area contributed by atoms with Crippen LogP contribution in [-0.4, -0.2) is 8.54 Å². The van der Waals surface area contributed by atoms with Crippen LogP contribution in [0.5, 0.6) is 0 Å². The van der Waals surface area contributed by atoms with Crippen molar-refractivity contribution in [3.05, 3.63) is 45.4 Å². The maximum absolute atomic E-state index is 12.3. The van der Waals surface area contributed by atoms with Gasteiger partial charge in [0, 0.05) is 59.1 Å². The quantitative estimate of drug-likeness (QED) is 0.550. The predicted molar refractivity (Wildman–Crippen MR) is 85.7 cm³/mol. The van der Waals surface area contributed by atoms with Gasteiger partial charge in [-0.1, -0.05) is 12.2 Å². The van der Waals surface area contributed by atoms with Crippen molar-refractivity contribution < 1.29 is 0 Å². The third-order valence-corrected chi connectivity index (χ3v) is 4.81. The van der Waals surface area contributed by atoms with Gasteiger partial charge in [0.1, 0.15) is 5.52 Å². The van der Waals surface area contributed by atoms with E-state index in [-0.39, 0.29) is 5.56 Å². The van der Waals surface area contributed by atoms with Gasteiger partial charge >= 0.3 is 0 Å². The van der Waals surface area contributed by atoms with Crippen LogP contribution in [0.1, 0.15) is 6.92 Å². The summed E-state index contributed by atoms with van der Waals surface area (Å²) < 4.78 is 4.53. The number of nitrogens with zero attached hydrogens (tertiary/aromatic N) is 2. The van der Waals surface area contributed by atoms with Gasteiger partial charge in [-0.15, -0.1) is 0 Å². The summed E-state index contributed by atoms with van der Waals surface area (Å²) >= 11 is 5.68. The van der Waals surface area contributed by atoms with E-state index in [0.29, 0.717) is 6.54 Å². The zero-order valence-corrected chi connectivity index (χ0v) is 13.6. The lowest BCUT2D eigenvalue weighted by Crippen LogP contribution is -2.20. The van der Waals surface area contributed by atoms with E-state index in [0.717, 1.165) is 15.4 Å². The zero-order valence-electron chi connectivity index (χ0n) is 9.06. The Morgan fingerprint density at radius 1 is 1.59 bits per heavy atom. The first-order chi connectivity index (χ1) is 8.19. The first-order valence-electron chi connectivity index (χ1n) is 4.99. The number of allylic oxidation sites excluding steroid dienone is 2. The molecule has 0 amide bonds. The van der Waals surface area contributed by atoms with Crippen molar-refractivity contribution in [1.29, 1.82) is 0 Å². The minimum absolute atomic E-state index is 0.0375. The summed E-state index contributed by atoms with van der Waals surface area (Å²) in [7, 11) is 1.49. The van der Waals surface area contributed by atoms with Gasteiger partial charge < -0.3 is 4.57 Å². The average molecular weight is 425 g/mol. The van der Waals surface area contributed by atoms with Crippen molar-refractivity contribution in [3.63, 3.8) is 0 Å². The molecule has 0 saturated carbocycles. The molecule has 2 aromatic heterocycles. The minimum atomic E-state index is 0.0375. The summed E-state index contributed by atoms with van der Waals surface area (Å²) in [5, 5.41) is 0.955. The van der Waals surface area contributed by atoms with Crippen LogP contribution in [-0.2, 0) is 6.54 Å². The van der Waals surface area contributed by atoms with E-state index < -0.39 is 0 Å². The SMILES string of the molecule is C/C=C/Cn1cc(Br)c2ccn(SI)c2c1=O. The highest BCUT2D eigenvalue weighted by Gasteiger charge is 2.11. The number of hydrogen-bond donors (Lipinski definition) is 0. The second-order valence-electron chi connectivity index (χ2n) is 3.48. The molecule has 0 N–H and O–H groups in total. The number of rotatable bonds is 3. The summed E-state index contributed by atoms with van der Waals surface area (Å²) in [6.07, 6.45) is 7.65. The van der Waals surface area contributed by atoms with Crippen LogP contribution in [0.3, 0.4) is 0 Å². The number of hydrogen-bond acceptors (Lipinski definition) is 2. The summed E-state index contributed by atoms with van der Waals surface area (Å²) in [5.41, 5.74) is 0.763. The molecule has 0 bridgehead atoms. The molecule has 0 aliphatic carbocycles. The molecule has 0 unspecified atom stereocenters. The van der Waals surface area contributed by atoms with Gasteiger partial charge in [-0.2, -0.15) is 0 Å². The lowest BCUT2D eigenvalue weighted by molar-refractivity contribution is 0.782. The smallest absolute Gasteiger partial charge is 0.276 e. The Balaban J connectivity index is 2.72. The Kier molecular flexibility index (Phi) is 4.37. The third-order valence-electron chi connectivity index (χ3n) is 2.45. The van der Waals surface area contributed by atoms with E-state index >= 15 is 0 Å². The van der Waals surface area contributed by atoms with Crippen molar-refractivity contribution in [2.24, 2.45) is 0 Å². The fraction of sp³-hybridized carbons (Fsp3) is 0.182. The van der Waals surface area contributed by atoms with E-state index in [9.17, 15) is 4.79 Å². The highest BCUT2D eigenvalue weighted by molar-refractivity contribution is 14.2. The van der Waals surface area contributed by atoms with E-state index in [2.05, 4.69) is 37.1 Å². The summed E-state index contributed by atoms with van der Waals surface area (Å²) in [6, 6.07) is 1.95. The maximum atomic E-state index is 12.3. The molecule has 2 aromatic rings. The molecule has 3 nitrogen and oxygen atoms in total. The number of aromatic nitrogens is 2. The molecule has 0 fully saturated rings. The van der Waals surface area contributed by atoms with Gasteiger partial charge in [0.2, 0.25) is 0 Å². The fourth-order valence-electron chi connectivity index (χ4n) is 1.63. The van der Waals surface area contributed by atoms with Crippen LogP contribution in [0.25, 0.3) is 10.9 Å². The molecule has 90 valence electrons. The van der Waals surface area contributed by atoms with Crippen LogP contribution < -0.4 is 5.56 Å². The minimum Gasteiger partial charge on any atom is -0.309 e. The van der Waals surface area contributed by atoms with E-state index in [1.54, 1.807) is 4.57 Å². The Labute approximate surface area is 124 Å². The highest BCUT2D eigenvalue weighted by atomic mass is 127. The standard InChI is InChI=1S/C11H10BrIN2OS/c1-2-3-5-14-7-9(12)8-4-6-15(17-13)10(8)11(14)16/h2-4,6-7H,5H2,1H3/b3-2+. The van der Waals surface area contributed by atoms with Gasteiger partial charge in [0.25, 0.3) is 5.56 Å². The van der Waals surface area contributed by atoms with Crippen molar-refractivity contribution in [2.75, 3.05) is 0 Å². The Hall–Kier alpha value is -0.210. The van der Waals surface area contributed by atoms with Crippen LogP contribution in [0, 0.1) is 0 Å². The van der Waals surface area contributed by atoms with Crippen LogP contribution in [0.15, 0.2) is 39.9 Å². The first-order valence-corrected chi connectivity index (χ1v) is 9.10. The van der Waals surface area contributed by atoms with Crippen molar-refractivity contribution in [3.8, 4) is 0 Å². The molecular weight excluding hydrogens is 415 g/mol. The monoisotopic (exact) mass is 424 g/mol. The molecule has 0 aliphatic heterocycles. The van der Waals surface area contributed by atoms with Crippen molar-refractivity contribution in [1.82, 2.24) is 8.54 Å². The topological polar surface area (TPSA) is 26.9 Å². The number of pyridine rings is 1. The van der Waals surface area contributed by atoms with Crippen molar-refractivity contribution >= 4 is 57.2 Å².